The van der Waals surface area contributed by atoms with Crippen LogP contribution in [-0.4, -0.2) is 30.7 Å². The lowest BCUT2D eigenvalue weighted by molar-refractivity contribution is -0.195. The van der Waals surface area contributed by atoms with Crippen molar-refractivity contribution in [1.29, 1.82) is 0 Å². The van der Waals surface area contributed by atoms with E-state index in [1.54, 1.807) is 0 Å². The van der Waals surface area contributed by atoms with Gasteiger partial charge in [-0.15, -0.1) is 0 Å². The van der Waals surface area contributed by atoms with Crippen molar-refractivity contribution in [3.63, 3.8) is 0 Å². The van der Waals surface area contributed by atoms with Crippen molar-refractivity contribution >= 4 is 0 Å². The number of ether oxygens (including phenoxy) is 2. The van der Waals surface area contributed by atoms with Crippen LogP contribution in [-0.2, 0) is 9.47 Å². The molecule has 1 aliphatic carbocycles. The second-order valence-electron chi connectivity index (χ2n) is 5.37. The smallest absolute Gasteiger partial charge is 0.168 e. The molecule has 3 heteroatoms. The lowest BCUT2D eigenvalue weighted by Crippen LogP contribution is -2.41. The first kappa shape index (κ1) is 12.3. The standard InChI is InChI=1S/C13H24O3/c1-2-3-4-12(11-14)5-7-13(8-6-12)15-9-10-16-13/h14H,2-11H2,1H3. The zero-order valence-corrected chi connectivity index (χ0v) is 10.3. The van der Waals surface area contributed by atoms with Gasteiger partial charge in [-0.3, -0.25) is 0 Å². The maximum Gasteiger partial charge on any atom is 0.168 e. The van der Waals surface area contributed by atoms with Crippen LogP contribution in [0.5, 0.6) is 0 Å². The van der Waals surface area contributed by atoms with Crippen molar-refractivity contribution in [2.45, 2.75) is 57.7 Å². The van der Waals surface area contributed by atoms with E-state index < -0.39 is 0 Å². The summed E-state index contributed by atoms with van der Waals surface area (Å²) in [5.41, 5.74) is 0.149. The molecule has 2 fully saturated rings. The van der Waals surface area contributed by atoms with Gasteiger partial charge in [0.05, 0.1) is 13.2 Å². The van der Waals surface area contributed by atoms with Crippen LogP contribution in [0.2, 0.25) is 0 Å². The fourth-order valence-corrected chi connectivity index (χ4v) is 2.99. The third kappa shape index (κ3) is 2.41. The number of unbranched alkanes of at least 4 members (excludes halogenated alkanes) is 1. The summed E-state index contributed by atoms with van der Waals surface area (Å²) < 4.78 is 11.4. The van der Waals surface area contributed by atoms with Gasteiger partial charge in [-0.1, -0.05) is 19.8 Å². The van der Waals surface area contributed by atoms with Gasteiger partial charge < -0.3 is 14.6 Å². The van der Waals surface area contributed by atoms with E-state index in [2.05, 4.69) is 6.92 Å². The Morgan fingerprint density at radius 3 is 2.19 bits per heavy atom. The van der Waals surface area contributed by atoms with Crippen LogP contribution < -0.4 is 0 Å². The highest BCUT2D eigenvalue weighted by Crippen LogP contribution is 2.46. The molecule has 0 radical (unpaired) electrons. The van der Waals surface area contributed by atoms with Crippen molar-refractivity contribution in [2.75, 3.05) is 19.8 Å². The first-order valence-corrected chi connectivity index (χ1v) is 6.63. The largest absolute Gasteiger partial charge is 0.396 e. The van der Waals surface area contributed by atoms with Gasteiger partial charge in [0.1, 0.15) is 0 Å². The van der Waals surface area contributed by atoms with Crippen molar-refractivity contribution in [3.8, 4) is 0 Å². The Labute approximate surface area is 98.1 Å². The van der Waals surface area contributed by atoms with Gasteiger partial charge in [0.25, 0.3) is 0 Å². The van der Waals surface area contributed by atoms with Crippen molar-refractivity contribution in [1.82, 2.24) is 0 Å². The molecule has 2 aliphatic rings. The van der Waals surface area contributed by atoms with Crippen LogP contribution in [0, 0.1) is 5.41 Å². The number of aliphatic hydroxyl groups is 1. The second-order valence-corrected chi connectivity index (χ2v) is 5.37. The Kier molecular flexibility index (Phi) is 3.88. The summed E-state index contributed by atoms with van der Waals surface area (Å²) in [6, 6.07) is 0. The van der Waals surface area contributed by atoms with Gasteiger partial charge >= 0.3 is 0 Å². The van der Waals surface area contributed by atoms with E-state index in [0.29, 0.717) is 6.61 Å². The second kappa shape index (κ2) is 5.03. The first-order valence-electron chi connectivity index (χ1n) is 6.63. The molecule has 0 bridgehead atoms. The van der Waals surface area contributed by atoms with Crippen molar-refractivity contribution < 1.29 is 14.6 Å². The van der Waals surface area contributed by atoms with Crippen LogP contribution in [0.25, 0.3) is 0 Å². The highest BCUT2D eigenvalue weighted by atomic mass is 16.7. The lowest BCUT2D eigenvalue weighted by atomic mass is 9.69. The predicted octanol–water partition coefficient (Wildman–Crippen LogP) is 2.47. The van der Waals surface area contributed by atoms with Crippen molar-refractivity contribution in [3.05, 3.63) is 0 Å². The van der Waals surface area contributed by atoms with Gasteiger partial charge in [-0.2, -0.15) is 0 Å². The Bertz CT molecular complexity index is 211. The molecule has 1 aliphatic heterocycles. The summed E-state index contributed by atoms with van der Waals surface area (Å²) in [6.45, 7) is 4.00. The molecule has 3 nitrogen and oxygen atoms in total. The average Bonchev–Trinajstić information content (AvgIpc) is 2.78. The van der Waals surface area contributed by atoms with E-state index in [4.69, 9.17) is 9.47 Å². The number of rotatable bonds is 4. The zero-order valence-electron chi connectivity index (χ0n) is 10.3. The Balaban J connectivity index is 1.90. The molecule has 0 aromatic carbocycles. The highest BCUT2D eigenvalue weighted by Gasteiger charge is 2.45. The number of hydrogen-bond donors (Lipinski definition) is 1. The van der Waals surface area contributed by atoms with Gasteiger partial charge in [0, 0.05) is 19.4 Å². The molecule has 1 spiro atoms. The highest BCUT2D eigenvalue weighted by molar-refractivity contribution is 4.90. The quantitative estimate of drug-likeness (QED) is 0.803. The summed E-state index contributed by atoms with van der Waals surface area (Å²) in [5, 5.41) is 9.62. The fourth-order valence-electron chi connectivity index (χ4n) is 2.99. The van der Waals surface area contributed by atoms with E-state index >= 15 is 0 Å². The maximum atomic E-state index is 9.62. The van der Waals surface area contributed by atoms with Gasteiger partial charge in [-0.25, -0.2) is 0 Å². The fraction of sp³-hybridized carbons (Fsp3) is 1.00. The minimum atomic E-state index is -0.287. The summed E-state index contributed by atoms with van der Waals surface area (Å²) in [6.07, 6.45) is 7.58. The summed E-state index contributed by atoms with van der Waals surface area (Å²) >= 11 is 0. The van der Waals surface area contributed by atoms with Crippen LogP contribution >= 0.6 is 0 Å². The first-order chi connectivity index (χ1) is 7.74. The molecular formula is C13H24O3. The van der Waals surface area contributed by atoms with Crippen LogP contribution in [0.4, 0.5) is 0 Å². The molecule has 2 rings (SSSR count). The normalized spacial score (nSPS) is 27.4. The molecule has 1 saturated heterocycles. The van der Waals surface area contributed by atoms with E-state index in [-0.39, 0.29) is 11.2 Å². The molecule has 1 N–H and O–H groups in total. The molecule has 94 valence electrons. The van der Waals surface area contributed by atoms with E-state index in [9.17, 15) is 5.11 Å². The van der Waals surface area contributed by atoms with E-state index in [0.717, 1.165) is 45.3 Å². The Morgan fingerprint density at radius 1 is 1.06 bits per heavy atom. The van der Waals surface area contributed by atoms with Crippen LogP contribution in [0.15, 0.2) is 0 Å². The molecule has 0 atom stereocenters. The van der Waals surface area contributed by atoms with Crippen molar-refractivity contribution in [2.24, 2.45) is 5.41 Å². The van der Waals surface area contributed by atoms with E-state index in [1.807, 2.05) is 0 Å². The molecule has 1 saturated carbocycles. The number of aliphatic hydroxyl groups excluding tert-OH is 1. The molecule has 0 unspecified atom stereocenters. The topological polar surface area (TPSA) is 38.7 Å². The number of hydrogen-bond acceptors (Lipinski definition) is 3. The monoisotopic (exact) mass is 228 g/mol. The van der Waals surface area contributed by atoms with Crippen LogP contribution in [0.3, 0.4) is 0 Å². The van der Waals surface area contributed by atoms with E-state index in [1.165, 1.54) is 12.8 Å². The predicted molar refractivity (Wildman–Crippen MR) is 62.1 cm³/mol. The third-order valence-corrected chi connectivity index (χ3v) is 4.28. The van der Waals surface area contributed by atoms with Gasteiger partial charge in [-0.05, 0) is 24.7 Å². The van der Waals surface area contributed by atoms with Gasteiger partial charge in [0.15, 0.2) is 5.79 Å². The SMILES string of the molecule is CCCCC1(CO)CCC2(CC1)OCCO2. The summed E-state index contributed by atoms with van der Waals surface area (Å²) in [5.74, 6) is -0.287. The molecule has 16 heavy (non-hydrogen) atoms. The third-order valence-electron chi connectivity index (χ3n) is 4.28. The van der Waals surface area contributed by atoms with Crippen LogP contribution in [0.1, 0.15) is 51.9 Å². The minimum absolute atomic E-state index is 0.149. The molecule has 0 amide bonds. The Morgan fingerprint density at radius 2 is 1.69 bits per heavy atom. The maximum absolute atomic E-state index is 9.62. The molecule has 0 aromatic rings. The molecule has 1 heterocycles. The lowest BCUT2D eigenvalue weighted by Gasteiger charge is -2.42. The molecule has 0 aromatic heterocycles. The molecular weight excluding hydrogens is 204 g/mol. The minimum Gasteiger partial charge on any atom is -0.396 e. The average molecular weight is 228 g/mol. The summed E-state index contributed by atoms with van der Waals surface area (Å²) in [4.78, 5) is 0. The van der Waals surface area contributed by atoms with Gasteiger partial charge in [0.2, 0.25) is 0 Å². The zero-order chi connectivity index (χ0) is 11.5. The Hall–Kier alpha value is -0.120. The summed E-state index contributed by atoms with van der Waals surface area (Å²) in [7, 11) is 0.